The molecule has 0 bridgehead atoms. The van der Waals surface area contributed by atoms with Crippen LogP contribution in [0.15, 0.2) is 71.1 Å². The Morgan fingerprint density at radius 1 is 1.00 bits per heavy atom. The minimum Gasteiger partial charge on any atom is -0.299 e. The van der Waals surface area contributed by atoms with E-state index in [0.29, 0.717) is 6.54 Å². The number of thiophene rings is 1. The maximum atomic E-state index is 13.1. The fourth-order valence-corrected chi connectivity index (χ4v) is 4.26. The van der Waals surface area contributed by atoms with Crippen LogP contribution in [-0.4, -0.2) is 9.55 Å². The predicted octanol–water partition coefficient (Wildman–Crippen LogP) is 5.32. The molecule has 27 heavy (non-hydrogen) atoms. The van der Waals surface area contributed by atoms with E-state index in [9.17, 15) is 4.79 Å². The average molecular weight is 375 g/mol. The van der Waals surface area contributed by atoms with Crippen LogP contribution < -0.4 is 5.56 Å². The highest BCUT2D eigenvalue weighted by molar-refractivity contribution is 7.17. The monoisotopic (exact) mass is 374 g/mol. The maximum Gasteiger partial charge on any atom is 0.262 e. The van der Waals surface area contributed by atoms with Gasteiger partial charge in [-0.15, -0.1) is 11.3 Å². The van der Waals surface area contributed by atoms with Gasteiger partial charge in [0.2, 0.25) is 0 Å². The normalized spacial score (nSPS) is 11.1. The molecule has 2 aromatic carbocycles. The highest BCUT2D eigenvalue weighted by Gasteiger charge is 2.13. The van der Waals surface area contributed by atoms with Crippen LogP contribution in [0.1, 0.15) is 24.5 Å². The highest BCUT2D eigenvalue weighted by Crippen LogP contribution is 2.30. The van der Waals surface area contributed by atoms with E-state index in [1.807, 2.05) is 11.4 Å². The zero-order valence-electron chi connectivity index (χ0n) is 15.4. The SMILES string of the molecule is CCc1ccc(-c2csc3ncn(CCCc4ccccc4)c(=O)c23)cc1. The number of nitrogens with zero attached hydrogens (tertiary/aromatic N) is 2. The summed E-state index contributed by atoms with van der Waals surface area (Å²) in [6.45, 7) is 2.83. The van der Waals surface area contributed by atoms with Crippen molar-refractivity contribution in [3.8, 4) is 11.1 Å². The van der Waals surface area contributed by atoms with Crippen LogP contribution in [-0.2, 0) is 19.4 Å². The molecule has 4 heteroatoms. The number of aryl methyl sites for hydroxylation is 3. The molecule has 4 rings (SSSR count). The van der Waals surface area contributed by atoms with Gasteiger partial charge in [0.25, 0.3) is 5.56 Å². The molecule has 0 atom stereocenters. The van der Waals surface area contributed by atoms with E-state index < -0.39 is 0 Å². The van der Waals surface area contributed by atoms with Crippen LogP contribution >= 0.6 is 11.3 Å². The Morgan fingerprint density at radius 3 is 2.52 bits per heavy atom. The van der Waals surface area contributed by atoms with Crippen molar-refractivity contribution in [1.29, 1.82) is 0 Å². The molecule has 0 saturated heterocycles. The van der Waals surface area contributed by atoms with Crippen LogP contribution in [0.5, 0.6) is 0 Å². The van der Waals surface area contributed by atoms with Gasteiger partial charge in [-0.2, -0.15) is 0 Å². The van der Waals surface area contributed by atoms with Crippen molar-refractivity contribution in [2.45, 2.75) is 32.7 Å². The molecular weight excluding hydrogens is 352 g/mol. The van der Waals surface area contributed by atoms with Crippen LogP contribution in [0, 0.1) is 0 Å². The average Bonchev–Trinajstić information content (AvgIpc) is 3.15. The Morgan fingerprint density at radius 2 is 1.78 bits per heavy atom. The first-order valence-corrected chi connectivity index (χ1v) is 10.2. The molecular formula is C23H22N2OS. The summed E-state index contributed by atoms with van der Waals surface area (Å²) in [4.78, 5) is 18.4. The zero-order chi connectivity index (χ0) is 18.6. The summed E-state index contributed by atoms with van der Waals surface area (Å²) >= 11 is 1.54. The lowest BCUT2D eigenvalue weighted by Crippen LogP contribution is -2.20. The van der Waals surface area contributed by atoms with Gasteiger partial charge in [-0.05, 0) is 36.0 Å². The summed E-state index contributed by atoms with van der Waals surface area (Å²) in [5.74, 6) is 0. The lowest BCUT2D eigenvalue weighted by atomic mass is 10.0. The first kappa shape index (κ1) is 17.7. The van der Waals surface area contributed by atoms with Crippen LogP contribution in [0.3, 0.4) is 0 Å². The molecule has 136 valence electrons. The fraction of sp³-hybridized carbons (Fsp3) is 0.217. The molecule has 0 saturated carbocycles. The molecule has 0 unspecified atom stereocenters. The van der Waals surface area contributed by atoms with Crippen molar-refractivity contribution < 1.29 is 0 Å². The Labute approximate surface area is 163 Å². The van der Waals surface area contributed by atoms with Crippen molar-refractivity contribution in [3.63, 3.8) is 0 Å². The fourth-order valence-electron chi connectivity index (χ4n) is 3.36. The molecule has 0 N–H and O–H groups in total. The number of hydrogen-bond donors (Lipinski definition) is 0. The Bertz CT molecular complexity index is 1090. The standard InChI is InChI=1S/C23H22N2OS/c1-2-17-10-12-19(13-11-17)20-15-27-22-21(20)23(26)25(16-24-22)14-6-9-18-7-4-3-5-8-18/h3-5,7-8,10-13,15-16H,2,6,9,14H2,1H3. The molecule has 4 aromatic rings. The van der Waals surface area contributed by atoms with Gasteiger partial charge in [0.15, 0.2) is 0 Å². The zero-order valence-corrected chi connectivity index (χ0v) is 16.2. The van der Waals surface area contributed by atoms with E-state index >= 15 is 0 Å². The third-order valence-electron chi connectivity index (χ3n) is 4.94. The third-order valence-corrected chi connectivity index (χ3v) is 5.83. The van der Waals surface area contributed by atoms with Gasteiger partial charge < -0.3 is 0 Å². The summed E-state index contributed by atoms with van der Waals surface area (Å²) in [6, 6.07) is 18.9. The lowest BCUT2D eigenvalue weighted by Gasteiger charge is -2.07. The molecule has 0 radical (unpaired) electrons. The summed E-state index contributed by atoms with van der Waals surface area (Å²) < 4.78 is 1.75. The van der Waals surface area contributed by atoms with E-state index in [4.69, 9.17) is 0 Å². The number of fused-ring (bicyclic) bond motifs is 1. The molecule has 3 nitrogen and oxygen atoms in total. The molecule has 0 aliphatic rings. The summed E-state index contributed by atoms with van der Waals surface area (Å²) in [5.41, 5.74) is 4.73. The van der Waals surface area contributed by atoms with E-state index in [1.165, 1.54) is 22.5 Å². The topological polar surface area (TPSA) is 34.9 Å². The number of rotatable bonds is 6. The van der Waals surface area contributed by atoms with Crippen molar-refractivity contribution in [3.05, 3.63) is 87.8 Å². The molecule has 0 aliphatic carbocycles. The quantitative estimate of drug-likeness (QED) is 0.458. The molecule has 0 fully saturated rings. The summed E-state index contributed by atoms with van der Waals surface area (Å²) in [6.07, 6.45) is 4.58. The Hall–Kier alpha value is -2.72. The molecule has 2 heterocycles. The first-order chi connectivity index (χ1) is 13.3. The smallest absolute Gasteiger partial charge is 0.262 e. The van der Waals surface area contributed by atoms with Crippen molar-refractivity contribution in [1.82, 2.24) is 9.55 Å². The molecule has 2 aromatic heterocycles. The summed E-state index contributed by atoms with van der Waals surface area (Å²) in [7, 11) is 0. The van der Waals surface area contributed by atoms with Crippen LogP contribution in [0.4, 0.5) is 0 Å². The minimum absolute atomic E-state index is 0.0591. The number of benzene rings is 2. The van der Waals surface area contributed by atoms with Crippen molar-refractivity contribution in [2.75, 3.05) is 0 Å². The van der Waals surface area contributed by atoms with Gasteiger partial charge in [0.1, 0.15) is 4.83 Å². The molecule has 0 amide bonds. The second-order valence-electron chi connectivity index (χ2n) is 6.71. The largest absolute Gasteiger partial charge is 0.299 e. The van der Waals surface area contributed by atoms with Gasteiger partial charge in [0, 0.05) is 17.5 Å². The number of aromatic nitrogens is 2. The van der Waals surface area contributed by atoms with E-state index in [0.717, 1.165) is 40.6 Å². The highest BCUT2D eigenvalue weighted by atomic mass is 32.1. The van der Waals surface area contributed by atoms with Crippen LogP contribution in [0.25, 0.3) is 21.3 Å². The first-order valence-electron chi connectivity index (χ1n) is 9.36. The van der Waals surface area contributed by atoms with Crippen LogP contribution in [0.2, 0.25) is 0 Å². The van der Waals surface area contributed by atoms with Gasteiger partial charge in [0.05, 0.1) is 11.7 Å². The predicted molar refractivity (Wildman–Crippen MR) is 113 cm³/mol. The van der Waals surface area contributed by atoms with E-state index in [2.05, 4.69) is 60.4 Å². The lowest BCUT2D eigenvalue weighted by molar-refractivity contribution is 0.618. The molecule has 0 spiro atoms. The molecule has 0 aliphatic heterocycles. The van der Waals surface area contributed by atoms with E-state index in [-0.39, 0.29) is 5.56 Å². The van der Waals surface area contributed by atoms with Gasteiger partial charge in [-0.3, -0.25) is 9.36 Å². The number of hydrogen-bond acceptors (Lipinski definition) is 3. The third kappa shape index (κ3) is 3.71. The minimum atomic E-state index is 0.0591. The Kier molecular flexibility index (Phi) is 5.16. The second-order valence-corrected chi connectivity index (χ2v) is 7.57. The second kappa shape index (κ2) is 7.89. The maximum absolute atomic E-state index is 13.1. The summed E-state index contributed by atoms with van der Waals surface area (Å²) in [5, 5.41) is 2.79. The van der Waals surface area contributed by atoms with Gasteiger partial charge in [-0.1, -0.05) is 61.5 Å². The Balaban J connectivity index is 1.61. The van der Waals surface area contributed by atoms with Crippen molar-refractivity contribution in [2.24, 2.45) is 0 Å². The van der Waals surface area contributed by atoms with Gasteiger partial charge >= 0.3 is 0 Å². The van der Waals surface area contributed by atoms with Crippen molar-refractivity contribution >= 4 is 21.6 Å². The van der Waals surface area contributed by atoms with E-state index in [1.54, 1.807) is 10.9 Å². The van der Waals surface area contributed by atoms with Gasteiger partial charge in [-0.25, -0.2) is 4.98 Å².